The standard InChI is InChI=1S/C20H21F2N3/c1-2-3-13-4-6-14(7-5-13)16-11-24-20(25-12-16)15-8-18(21)17(10-23)19(22)9-15/h8-9,11-14H,2-7H2,1H3/t13-,14-. The summed E-state index contributed by atoms with van der Waals surface area (Å²) in [4.78, 5) is 8.58. The highest BCUT2D eigenvalue weighted by Gasteiger charge is 2.22. The van der Waals surface area contributed by atoms with Crippen LogP contribution in [0.25, 0.3) is 11.4 Å². The number of nitrogens with zero attached hydrogens (tertiary/aromatic N) is 3. The van der Waals surface area contributed by atoms with Crippen LogP contribution in [0.3, 0.4) is 0 Å². The van der Waals surface area contributed by atoms with Gasteiger partial charge in [-0.25, -0.2) is 18.7 Å². The highest BCUT2D eigenvalue weighted by molar-refractivity contribution is 5.57. The van der Waals surface area contributed by atoms with Crippen LogP contribution in [0.4, 0.5) is 8.78 Å². The summed E-state index contributed by atoms with van der Waals surface area (Å²) in [5, 5.41) is 8.73. The van der Waals surface area contributed by atoms with Crippen LogP contribution >= 0.6 is 0 Å². The molecule has 1 aliphatic carbocycles. The Bertz CT molecular complexity index is 750. The number of aromatic nitrogens is 2. The van der Waals surface area contributed by atoms with E-state index in [1.165, 1.54) is 31.8 Å². The van der Waals surface area contributed by atoms with E-state index in [2.05, 4.69) is 16.9 Å². The van der Waals surface area contributed by atoms with Crippen molar-refractivity contribution < 1.29 is 8.78 Å². The molecule has 1 aromatic carbocycles. The summed E-state index contributed by atoms with van der Waals surface area (Å²) in [6.45, 7) is 2.23. The van der Waals surface area contributed by atoms with Crippen molar-refractivity contribution in [3.63, 3.8) is 0 Å². The molecular weight excluding hydrogens is 320 g/mol. The Hall–Kier alpha value is -2.35. The lowest BCUT2D eigenvalue weighted by molar-refractivity contribution is 0.308. The molecule has 2 aromatic rings. The fourth-order valence-corrected chi connectivity index (χ4v) is 3.70. The van der Waals surface area contributed by atoms with Crippen molar-refractivity contribution in [2.75, 3.05) is 0 Å². The maximum atomic E-state index is 13.7. The Morgan fingerprint density at radius 1 is 1.08 bits per heavy atom. The molecule has 0 bridgehead atoms. The van der Waals surface area contributed by atoms with Crippen LogP contribution in [0.15, 0.2) is 24.5 Å². The van der Waals surface area contributed by atoms with Gasteiger partial charge in [0.15, 0.2) is 5.82 Å². The topological polar surface area (TPSA) is 49.6 Å². The Morgan fingerprint density at radius 3 is 2.20 bits per heavy atom. The molecule has 1 heterocycles. The molecule has 0 saturated heterocycles. The smallest absolute Gasteiger partial charge is 0.159 e. The lowest BCUT2D eigenvalue weighted by Crippen LogP contribution is -2.13. The zero-order valence-electron chi connectivity index (χ0n) is 14.3. The van der Waals surface area contributed by atoms with Crippen LogP contribution in [-0.2, 0) is 0 Å². The Kier molecular flexibility index (Phi) is 5.37. The number of nitriles is 1. The summed E-state index contributed by atoms with van der Waals surface area (Å²) in [6, 6.07) is 3.72. The van der Waals surface area contributed by atoms with Crippen molar-refractivity contribution in [3.8, 4) is 17.5 Å². The van der Waals surface area contributed by atoms with Crippen molar-refractivity contribution in [1.82, 2.24) is 9.97 Å². The molecule has 5 heteroatoms. The third kappa shape index (κ3) is 3.84. The fraction of sp³-hybridized carbons (Fsp3) is 0.450. The predicted octanol–water partition coefficient (Wildman–Crippen LogP) is 5.37. The molecule has 0 aliphatic heterocycles. The fourth-order valence-electron chi connectivity index (χ4n) is 3.70. The highest BCUT2D eigenvalue weighted by Crippen LogP contribution is 2.37. The first-order valence-electron chi connectivity index (χ1n) is 8.83. The van der Waals surface area contributed by atoms with Crippen molar-refractivity contribution in [2.45, 2.75) is 51.4 Å². The number of hydrogen-bond acceptors (Lipinski definition) is 3. The Labute approximate surface area is 146 Å². The van der Waals surface area contributed by atoms with Crippen LogP contribution < -0.4 is 0 Å². The summed E-state index contributed by atoms with van der Waals surface area (Å²) >= 11 is 0. The third-order valence-corrected chi connectivity index (χ3v) is 5.10. The van der Waals surface area contributed by atoms with E-state index >= 15 is 0 Å². The minimum absolute atomic E-state index is 0.243. The van der Waals surface area contributed by atoms with Crippen molar-refractivity contribution in [2.24, 2.45) is 5.92 Å². The van der Waals surface area contributed by atoms with E-state index in [-0.39, 0.29) is 11.4 Å². The average molecular weight is 341 g/mol. The predicted molar refractivity (Wildman–Crippen MR) is 91.7 cm³/mol. The van der Waals surface area contributed by atoms with Crippen LogP contribution in [0.2, 0.25) is 0 Å². The zero-order chi connectivity index (χ0) is 17.8. The molecule has 3 nitrogen and oxygen atoms in total. The maximum absolute atomic E-state index is 13.7. The lowest BCUT2D eigenvalue weighted by atomic mass is 9.78. The first kappa shape index (κ1) is 17.5. The van der Waals surface area contributed by atoms with Gasteiger partial charge in [0.1, 0.15) is 23.3 Å². The summed E-state index contributed by atoms with van der Waals surface area (Å²) in [6.07, 6.45) is 10.9. The molecule has 0 unspecified atom stereocenters. The molecular formula is C20H21F2N3. The molecule has 1 saturated carbocycles. The molecule has 1 fully saturated rings. The first-order chi connectivity index (χ1) is 12.1. The SMILES string of the molecule is CCC[C@H]1CC[C@H](c2cnc(-c3cc(F)c(C#N)c(F)c3)nc2)CC1. The summed E-state index contributed by atoms with van der Waals surface area (Å²) in [5.74, 6) is -0.202. The van der Waals surface area contributed by atoms with E-state index in [4.69, 9.17) is 5.26 Å². The first-order valence-corrected chi connectivity index (χ1v) is 8.83. The van der Waals surface area contributed by atoms with Gasteiger partial charge in [0.2, 0.25) is 0 Å². The van der Waals surface area contributed by atoms with E-state index in [1.807, 2.05) is 0 Å². The van der Waals surface area contributed by atoms with Gasteiger partial charge in [-0.05, 0) is 55.2 Å². The second kappa shape index (κ2) is 7.69. The van der Waals surface area contributed by atoms with Gasteiger partial charge in [0.25, 0.3) is 0 Å². The minimum atomic E-state index is -0.889. The van der Waals surface area contributed by atoms with Crippen LogP contribution in [-0.4, -0.2) is 9.97 Å². The molecule has 0 amide bonds. The van der Waals surface area contributed by atoms with Gasteiger partial charge in [0, 0.05) is 18.0 Å². The normalized spacial score (nSPS) is 20.2. The molecule has 0 spiro atoms. The van der Waals surface area contributed by atoms with Crippen LogP contribution in [0, 0.1) is 28.9 Å². The Morgan fingerprint density at radius 2 is 1.68 bits per heavy atom. The molecule has 1 aliphatic rings. The second-order valence-corrected chi connectivity index (χ2v) is 6.77. The molecule has 0 radical (unpaired) electrons. The molecule has 25 heavy (non-hydrogen) atoms. The molecule has 3 rings (SSSR count). The third-order valence-electron chi connectivity index (χ3n) is 5.10. The summed E-state index contributed by atoms with van der Waals surface area (Å²) < 4.78 is 27.5. The van der Waals surface area contributed by atoms with E-state index in [1.54, 1.807) is 12.4 Å². The number of hydrogen-bond donors (Lipinski definition) is 0. The summed E-state index contributed by atoms with van der Waals surface area (Å²) in [5.41, 5.74) is 0.754. The number of benzene rings is 1. The molecule has 1 aromatic heterocycles. The van der Waals surface area contributed by atoms with Gasteiger partial charge >= 0.3 is 0 Å². The lowest BCUT2D eigenvalue weighted by Gasteiger charge is -2.28. The number of rotatable bonds is 4. The van der Waals surface area contributed by atoms with Crippen molar-refractivity contribution in [3.05, 3.63) is 47.3 Å². The maximum Gasteiger partial charge on any atom is 0.159 e. The van der Waals surface area contributed by atoms with Crippen molar-refractivity contribution >= 4 is 0 Å². The molecule has 130 valence electrons. The monoisotopic (exact) mass is 341 g/mol. The number of halogens is 2. The highest BCUT2D eigenvalue weighted by atomic mass is 19.1. The van der Waals surface area contributed by atoms with E-state index < -0.39 is 17.2 Å². The summed E-state index contributed by atoms with van der Waals surface area (Å²) in [7, 11) is 0. The second-order valence-electron chi connectivity index (χ2n) is 6.77. The van der Waals surface area contributed by atoms with Gasteiger partial charge in [-0.1, -0.05) is 19.8 Å². The Balaban J connectivity index is 1.74. The van der Waals surface area contributed by atoms with Gasteiger partial charge in [0.05, 0.1) is 0 Å². The van der Waals surface area contributed by atoms with Crippen LogP contribution in [0.1, 0.15) is 62.5 Å². The molecule has 0 N–H and O–H groups in total. The van der Waals surface area contributed by atoms with E-state index in [9.17, 15) is 8.78 Å². The quantitative estimate of drug-likeness (QED) is 0.751. The van der Waals surface area contributed by atoms with Gasteiger partial charge in [-0.3, -0.25) is 0 Å². The van der Waals surface area contributed by atoms with Gasteiger partial charge < -0.3 is 0 Å². The van der Waals surface area contributed by atoms with E-state index in [0.717, 1.165) is 36.5 Å². The largest absolute Gasteiger partial charge is 0.236 e. The van der Waals surface area contributed by atoms with E-state index in [0.29, 0.717) is 5.92 Å². The van der Waals surface area contributed by atoms with Gasteiger partial charge in [-0.15, -0.1) is 0 Å². The van der Waals surface area contributed by atoms with Crippen molar-refractivity contribution in [1.29, 1.82) is 5.26 Å². The average Bonchev–Trinajstić information content (AvgIpc) is 2.62. The van der Waals surface area contributed by atoms with Crippen LogP contribution in [0.5, 0.6) is 0 Å². The minimum Gasteiger partial charge on any atom is -0.236 e. The zero-order valence-corrected chi connectivity index (χ0v) is 14.3. The molecule has 0 atom stereocenters. The van der Waals surface area contributed by atoms with Gasteiger partial charge in [-0.2, -0.15) is 5.26 Å².